The lowest BCUT2D eigenvalue weighted by Crippen LogP contribution is -2.31. The number of hydrogen-bond acceptors (Lipinski definition) is 3. The molecule has 0 aliphatic heterocycles. The van der Waals surface area contributed by atoms with Gasteiger partial charge in [-0.05, 0) is 19.4 Å². The third-order valence-corrected chi connectivity index (χ3v) is 6.13. The monoisotopic (exact) mass is 219 g/mol. The average molecular weight is 219 g/mol. The molecule has 1 radical (unpaired) electrons. The van der Waals surface area contributed by atoms with Crippen LogP contribution in [0.2, 0.25) is 5.54 Å². The van der Waals surface area contributed by atoms with Crippen molar-refractivity contribution < 1.29 is 13.0 Å². The summed E-state index contributed by atoms with van der Waals surface area (Å²) in [6.45, 7) is 5.37. The molecule has 0 aromatic rings. The smallest absolute Gasteiger partial charge is 0.419 e. The van der Waals surface area contributed by atoms with Crippen molar-refractivity contribution in [2.75, 3.05) is 13.2 Å². The first-order valence-corrected chi connectivity index (χ1v) is 7.74. The van der Waals surface area contributed by atoms with Gasteiger partial charge in [0, 0.05) is 13.2 Å². The van der Waals surface area contributed by atoms with Crippen molar-refractivity contribution in [2.24, 2.45) is 0 Å². The van der Waals surface area contributed by atoms with Gasteiger partial charge in [0.25, 0.3) is 0 Å². The summed E-state index contributed by atoms with van der Waals surface area (Å²) in [5.74, 6) is 0. The van der Waals surface area contributed by atoms with Crippen LogP contribution >= 0.6 is 0 Å². The van der Waals surface area contributed by atoms with Crippen LogP contribution in [0.3, 0.4) is 0 Å². The number of rotatable bonds is 7. The van der Waals surface area contributed by atoms with Gasteiger partial charge in [-0.25, -0.2) is 0 Å². The van der Waals surface area contributed by atoms with Crippen molar-refractivity contribution in [2.45, 2.75) is 38.7 Å². The lowest BCUT2D eigenvalue weighted by molar-refractivity contribution is 0.153. The molecule has 0 amide bonds. The van der Waals surface area contributed by atoms with Crippen LogP contribution in [0.25, 0.3) is 0 Å². The Morgan fingerprint density at radius 2 is 1.85 bits per heavy atom. The fourth-order valence-corrected chi connectivity index (χ4v) is 4.83. The Morgan fingerprint density at radius 1 is 1.23 bits per heavy atom. The second kappa shape index (κ2) is 6.72. The zero-order valence-corrected chi connectivity index (χ0v) is 11.0. The second-order valence-electron chi connectivity index (χ2n) is 3.22. The lowest BCUT2D eigenvalue weighted by atomic mass is 10.00. The van der Waals surface area contributed by atoms with E-state index >= 15 is 0 Å². The predicted octanol–water partition coefficient (Wildman–Crippen LogP) is 1.12. The summed E-state index contributed by atoms with van der Waals surface area (Å²) in [4.78, 5) is 0. The van der Waals surface area contributed by atoms with Gasteiger partial charge in [-0.3, -0.25) is 0 Å². The first kappa shape index (κ1) is 11.4. The van der Waals surface area contributed by atoms with Crippen LogP contribution in [-0.2, 0) is 13.0 Å². The van der Waals surface area contributed by atoms with Crippen molar-refractivity contribution >= 4 is 19.3 Å². The fraction of sp³-hybridized carbons (Fsp3) is 1.00. The predicted molar refractivity (Wildman–Crippen MR) is 56.2 cm³/mol. The maximum absolute atomic E-state index is 5.72. The summed E-state index contributed by atoms with van der Waals surface area (Å²) in [6.07, 6.45) is 4.14. The summed E-state index contributed by atoms with van der Waals surface area (Å²) in [5, 5.41) is 0. The van der Waals surface area contributed by atoms with Crippen LogP contribution in [-0.4, -0.2) is 32.5 Å². The first-order chi connectivity index (χ1) is 6.36. The molecule has 0 aromatic carbocycles. The minimum Gasteiger partial charge on any atom is -0.419 e. The largest absolute Gasteiger partial charge is 0.566 e. The van der Waals surface area contributed by atoms with Crippen molar-refractivity contribution in [3.63, 3.8) is 0 Å². The Kier molecular flexibility index (Phi) is 5.89. The van der Waals surface area contributed by atoms with E-state index in [0.29, 0.717) is 13.2 Å². The highest BCUT2D eigenvalue weighted by Gasteiger charge is 2.23. The minimum atomic E-state index is -1.36. The van der Waals surface area contributed by atoms with Crippen LogP contribution in [0.1, 0.15) is 33.1 Å². The standard InChI is InChI=1S/C8H19O3Si2/c1-3-9-13(10-4-2)11-12-8-6-5-7-8/h8H,3-7,12H2,1-2H3. The van der Waals surface area contributed by atoms with E-state index in [1.165, 1.54) is 19.3 Å². The van der Waals surface area contributed by atoms with E-state index in [-0.39, 0.29) is 9.76 Å². The summed E-state index contributed by atoms with van der Waals surface area (Å²) in [6, 6.07) is 0. The molecule has 1 aliphatic rings. The molecule has 0 heterocycles. The van der Waals surface area contributed by atoms with Gasteiger partial charge in [0.1, 0.15) is 0 Å². The third kappa shape index (κ3) is 4.37. The van der Waals surface area contributed by atoms with Crippen molar-refractivity contribution in [3.05, 3.63) is 0 Å². The Labute approximate surface area is 84.7 Å². The van der Waals surface area contributed by atoms with Gasteiger partial charge in [-0.15, -0.1) is 0 Å². The molecule has 13 heavy (non-hydrogen) atoms. The van der Waals surface area contributed by atoms with Crippen molar-refractivity contribution in [1.29, 1.82) is 0 Å². The van der Waals surface area contributed by atoms with Gasteiger partial charge in [0.15, 0.2) is 9.76 Å². The highest BCUT2D eigenvalue weighted by molar-refractivity contribution is 6.48. The molecule has 0 atom stereocenters. The van der Waals surface area contributed by atoms with Crippen LogP contribution in [0.4, 0.5) is 0 Å². The highest BCUT2D eigenvalue weighted by atomic mass is 28.4. The Hall–Kier alpha value is 0.314. The minimum absolute atomic E-state index is 0.370. The molecule has 0 bridgehead atoms. The maximum atomic E-state index is 5.72. The van der Waals surface area contributed by atoms with E-state index in [0.717, 1.165) is 5.54 Å². The van der Waals surface area contributed by atoms with Gasteiger partial charge in [-0.2, -0.15) is 0 Å². The quantitative estimate of drug-likeness (QED) is 0.601. The molecular formula is C8H19O3Si2. The van der Waals surface area contributed by atoms with E-state index in [1.54, 1.807) is 0 Å². The van der Waals surface area contributed by atoms with Crippen molar-refractivity contribution in [3.8, 4) is 0 Å². The molecule has 1 saturated carbocycles. The molecule has 1 aliphatic carbocycles. The van der Waals surface area contributed by atoms with Gasteiger partial charge < -0.3 is 13.0 Å². The molecule has 0 aromatic heterocycles. The Balaban J connectivity index is 2.05. The molecule has 0 saturated heterocycles. The Bertz CT molecular complexity index is 125. The summed E-state index contributed by atoms with van der Waals surface area (Å²) >= 11 is 0. The van der Waals surface area contributed by atoms with Crippen LogP contribution in [0, 0.1) is 0 Å². The molecule has 0 N–H and O–H groups in total. The molecule has 1 fully saturated rings. The molecular weight excluding hydrogens is 200 g/mol. The van der Waals surface area contributed by atoms with E-state index in [2.05, 4.69) is 0 Å². The highest BCUT2D eigenvalue weighted by Crippen LogP contribution is 2.31. The van der Waals surface area contributed by atoms with Crippen LogP contribution in [0.5, 0.6) is 0 Å². The Morgan fingerprint density at radius 3 is 2.23 bits per heavy atom. The fourth-order valence-electron chi connectivity index (χ4n) is 1.21. The van der Waals surface area contributed by atoms with E-state index in [4.69, 9.17) is 13.0 Å². The van der Waals surface area contributed by atoms with Crippen LogP contribution in [0.15, 0.2) is 0 Å². The molecule has 5 heteroatoms. The zero-order chi connectivity index (χ0) is 9.52. The first-order valence-electron chi connectivity index (χ1n) is 5.12. The van der Waals surface area contributed by atoms with E-state index < -0.39 is 9.53 Å². The van der Waals surface area contributed by atoms with Crippen LogP contribution < -0.4 is 0 Å². The second-order valence-corrected chi connectivity index (χ2v) is 6.94. The molecule has 77 valence electrons. The lowest BCUT2D eigenvalue weighted by Gasteiger charge is -2.25. The number of hydrogen-bond donors (Lipinski definition) is 0. The van der Waals surface area contributed by atoms with E-state index in [9.17, 15) is 0 Å². The third-order valence-electron chi connectivity index (χ3n) is 2.19. The maximum Gasteiger partial charge on any atom is 0.566 e. The molecule has 1 rings (SSSR count). The summed E-state index contributed by atoms with van der Waals surface area (Å²) < 4.78 is 16.5. The van der Waals surface area contributed by atoms with Gasteiger partial charge in [0.2, 0.25) is 0 Å². The topological polar surface area (TPSA) is 27.7 Å². The summed E-state index contributed by atoms with van der Waals surface area (Å²) in [7, 11) is -1.73. The van der Waals surface area contributed by atoms with Crippen molar-refractivity contribution in [1.82, 2.24) is 0 Å². The SMILES string of the molecule is CCO[Si](OCC)O[SiH2]C1CCC1. The normalized spacial score (nSPS) is 18.7. The zero-order valence-electron chi connectivity index (χ0n) is 8.54. The molecule has 3 nitrogen and oxygen atoms in total. The van der Waals surface area contributed by atoms with Gasteiger partial charge in [0.05, 0.1) is 0 Å². The molecule has 0 spiro atoms. The summed E-state index contributed by atoms with van der Waals surface area (Å²) in [5.41, 5.74) is 0.904. The molecule has 0 unspecified atom stereocenters. The van der Waals surface area contributed by atoms with Gasteiger partial charge >= 0.3 is 9.53 Å². The van der Waals surface area contributed by atoms with Gasteiger partial charge in [-0.1, -0.05) is 19.3 Å². The average Bonchev–Trinajstić information content (AvgIpc) is 2.02. The van der Waals surface area contributed by atoms with E-state index in [1.807, 2.05) is 13.8 Å².